The number of fused-ring (bicyclic) bond motifs is 1. The number of anilines is 2. The largest absolute Gasteiger partial charge is 0.382 e. The number of halogens is 1. The van der Waals surface area contributed by atoms with Crippen molar-refractivity contribution in [3.63, 3.8) is 0 Å². The number of benzene rings is 1. The second-order valence-corrected chi connectivity index (χ2v) is 6.10. The number of nitrogens with two attached hydrogens (primary N) is 1. The van der Waals surface area contributed by atoms with Crippen molar-refractivity contribution >= 4 is 22.7 Å². The third-order valence-corrected chi connectivity index (χ3v) is 4.29. The Hall–Kier alpha value is -4.06. The van der Waals surface area contributed by atoms with E-state index in [0.717, 1.165) is 5.69 Å². The second-order valence-electron chi connectivity index (χ2n) is 6.10. The number of hydrogen-bond acceptors (Lipinski definition) is 7. The molecule has 4 aromatic rings. The summed E-state index contributed by atoms with van der Waals surface area (Å²) in [7, 11) is 0. The lowest BCUT2D eigenvalue weighted by Gasteiger charge is -2.17. The van der Waals surface area contributed by atoms with Crippen molar-refractivity contribution in [3.05, 3.63) is 66.3 Å². The summed E-state index contributed by atoms with van der Waals surface area (Å²) in [4.78, 5) is 16.6. The Morgan fingerprint density at radius 2 is 2.00 bits per heavy atom. The van der Waals surface area contributed by atoms with Crippen LogP contribution in [0.25, 0.3) is 16.7 Å². The minimum absolute atomic E-state index is 0.0944. The van der Waals surface area contributed by atoms with E-state index < -0.39 is 0 Å². The maximum atomic E-state index is 13.9. The third-order valence-electron chi connectivity index (χ3n) is 4.29. The maximum Gasteiger partial charge on any atom is 0.150 e. The summed E-state index contributed by atoms with van der Waals surface area (Å²) < 4.78 is 15.7. The lowest BCUT2D eigenvalue weighted by atomic mass is 10.2. The number of nitrogens with one attached hydrogen (secondary N) is 1. The van der Waals surface area contributed by atoms with Crippen LogP contribution in [0.2, 0.25) is 0 Å². The van der Waals surface area contributed by atoms with Crippen LogP contribution in [-0.2, 0) is 0 Å². The first-order chi connectivity index (χ1) is 13.6. The van der Waals surface area contributed by atoms with E-state index in [4.69, 9.17) is 5.73 Å². The van der Waals surface area contributed by atoms with E-state index >= 15 is 0 Å². The van der Waals surface area contributed by atoms with E-state index in [1.165, 1.54) is 18.5 Å². The Morgan fingerprint density at radius 3 is 2.75 bits per heavy atom. The molecule has 1 aromatic carbocycles. The molecule has 0 saturated carbocycles. The van der Waals surface area contributed by atoms with Gasteiger partial charge in [0.15, 0.2) is 0 Å². The molecule has 28 heavy (non-hydrogen) atoms. The van der Waals surface area contributed by atoms with Crippen LogP contribution in [0.15, 0.2) is 49.1 Å². The summed E-state index contributed by atoms with van der Waals surface area (Å²) in [5, 5.41) is 12.5. The lowest BCUT2D eigenvalue weighted by Crippen LogP contribution is -2.15. The molecule has 3 aromatic heterocycles. The number of rotatable bonds is 4. The van der Waals surface area contributed by atoms with Crippen molar-refractivity contribution in [1.29, 1.82) is 5.26 Å². The van der Waals surface area contributed by atoms with Gasteiger partial charge in [-0.05, 0) is 31.2 Å². The van der Waals surface area contributed by atoms with Crippen LogP contribution in [0.3, 0.4) is 0 Å². The molecule has 4 rings (SSSR count). The number of aromatic nitrogens is 5. The van der Waals surface area contributed by atoms with E-state index in [1.54, 1.807) is 18.5 Å². The Bertz CT molecular complexity index is 1200. The van der Waals surface area contributed by atoms with Gasteiger partial charge in [0.25, 0.3) is 0 Å². The summed E-state index contributed by atoms with van der Waals surface area (Å²) >= 11 is 0. The predicted octanol–water partition coefficient (Wildman–Crippen LogP) is 2.98. The van der Waals surface area contributed by atoms with Crippen molar-refractivity contribution in [1.82, 2.24) is 24.5 Å². The first-order valence-electron chi connectivity index (χ1n) is 8.44. The molecule has 1 unspecified atom stereocenters. The fourth-order valence-corrected chi connectivity index (χ4v) is 3.01. The molecule has 1 atom stereocenters. The van der Waals surface area contributed by atoms with Gasteiger partial charge in [0.05, 0.1) is 22.8 Å². The van der Waals surface area contributed by atoms with Crippen molar-refractivity contribution in [2.75, 3.05) is 11.1 Å². The normalized spacial score (nSPS) is 11.9. The summed E-state index contributed by atoms with van der Waals surface area (Å²) in [5.74, 6) is 0.664. The van der Waals surface area contributed by atoms with E-state index in [0.29, 0.717) is 22.7 Å². The zero-order valence-corrected chi connectivity index (χ0v) is 14.8. The standard InChI is InChI=1S/C19H15FN8/c1-11(26-18-14(9-21)17(22)24-10-25-18)19-27-15-3-2-12(20)8-16(15)28(19)13-4-6-23-7-5-13/h2-8,10-11H,1H3,(H3,22,24,25,26). The van der Waals surface area contributed by atoms with Crippen molar-refractivity contribution in [3.8, 4) is 11.8 Å². The Morgan fingerprint density at radius 1 is 1.21 bits per heavy atom. The molecule has 138 valence electrons. The number of hydrogen-bond donors (Lipinski definition) is 2. The van der Waals surface area contributed by atoms with Gasteiger partial charge in [-0.25, -0.2) is 19.3 Å². The molecule has 0 spiro atoms. The third kappa shape index (κ3) is 2.97. The number of nitrogen functional groups attached to an aromatic ring is 1. The molecule has 0 saturated heterocycles. The topological polar surface area (TPSA) is 118 Å². The highest BCUT2D eigenvalue weighted by Gasteiger charge is 2.20. The molecular formula is C19H15FN8. The molecule has 3 heterocycles. The number of nitrogens with zero attached hydrogens (tertiary/aromatic N) is 6. The SMILES string of the molecule is CC(Nc1ncnc(N)c1C#N)c1nc2ccc(F)cc2n1-c1ccncc1. The van der Waals surface area contributed by atoms with Crippen LogP contribution in [-0.4, -0.2) is 24.5 Å². The molecular weight excluding hydrogens is 359 g/mol. The van der Waals surface area contributed by atoms with Crippen LogP contribution in [0.4, 0.5) is 16.0 Å². The number of imidazole rings is 1. The van der Waals surface area contributed by atoms with Gasteiger partial charge in [0, 0.05) is 18.5 Å². The van der Waals surface area contributed by atoms with Gasteiger partial charge in [0.2, 0.25) is 0 Å². The molecule has 0 radical (unpaired) electrons. The van der Waals surface area contributed by atoms with Gasteiger partial charge in [0.1, 0.15) is 41.2 Å². The minimum atomic E-state index is -0.370. The van der Waals surface area contributed by atoms with E-state index in [9.17, 15) is 9.65 Å². The maximum absolute atomic E-state index is 13.9. The van der Waals surface area contributed by atoms with Gasteiger partial charge in [-0.3, -0.25) is 9.55 Å². The predicted molar refractivity (Wildman–Crippen MR) is 102 cm³/mol. The summed E-state index contributed by atoms with van der Waals surface area (Å²) in [5.41, 5.74) is 7.97. The molecule has 0 aliphatic rings. The first-order valence-corrected chi connectivity index (χ1v) is 8.44. The van der Waals surface area contributed by atoms with Crippen LogP contribution < -0.4 is 11.1 Å². The quantitative estimate of drug-likeness (QED) is 0.564. The van der Waals surface area contributed by atoms with Gasteiger partial charge < -0.3 is 11.1 Å². The van der Waals surface area contributed by atoms with Crippen molar-refractivity contribution in [2.24, 2.45) is 0 Å². The Kier molecular flexibility index (Phi) is 4.29. The van der Waals surface area contributed by atoms with Crippen LogP contribution in [0.1, 0.15) is 24.4 Å². The molecule has 0 fully saturated rings. The van der Waals surface area contributed by atoms with Gasteiger partial charge >= 0.3 is 0 Å². The first kappa shape index (κ1) is 17.4. The molecule has 0 aliphatic heterocycles. The highest BCUT2D eigenvalue weighted by Crippen LogP contribution is 2.28. The smallest absolute Gasteiger partial charge is 0.150 e. The second kappa shape index (κ2) is 6.92. The molecule has 0 amide bonds. The number of nitriles is 1. The Balaban J connectivity index is 1.85. The molecule has 8 nitrogen and oxygen atoms in total. The van der Waals surface area contributed by atoms with Gasteiger partial charge in [-0.2, -0.15) is 5.26 Å². The fourth-order valence-electron chi connectivity index (χ4n) is 3.01. The number of pyridine rings is 1. The fraction of sp³-hybridized carbons (Fsp3) is 0.105. The lowest BCUT2D eigenvalue weighted by molar-refractivity contribution is 0.629. The van der Waals surface area contributed by atoms with Crippen LogP contribution in [0, 0.1) is 17.1 Å². The molecule has 3 N–H and O–H groups in total. The van der Waals surface area contributed by atoms with Crippen LogP contribution in [0.5, 0.6) is 0 Å². The molecule has 0 aliphatic carbocycles. The average Bonchev–Trinajstić information content (AvgIpc) is 3.07. The Labute approximate surface area is 159 Å². The van der Waals surface area contributed by atoms with Crippen molar-refractivity contribution < 1.29 is 4.39 Å². The van der Waals surface area contributed by atoms with Crippen molar-refractivity contribution in [2.45, 2.75) is 13.0 Å². The average molecular weight is 374 g/mol. The highest BCUT2D eigenvalue weighted by atomic mass is 19.1. The monoisotopic (exact) mass is 374 g/mol. The summed E-state index contributed by atoms with van der Waals surface area (Å²) in [6, 6.07) is 9.68. The molecule has 0 bridgehead atoms. The van der Waals surface area contributed by atoms with E-state index in [1.807, 2.05) is 29.7 Å². The van der Waals surface area contributed by atoms with Crippen LogP contribution >= 0.6 is 0 Å². The van der Waals surface area contributed by atoms with Gasteiger partial charge in [-0.1, -0.05) is 0 Å². The van der Waals surface area contributed by atoms with E-state index in [-0.39, 0.29) is 23.2 Å². The van der Waals surface area contributed by atoms with Gasteiger partial charge in [-0.15, -0.1) is 0 Å². The summed E-state index contributed by atoms with van der Waals surface area (Å²) in [6.45, 7) is 1.87. The summed E-state index contributed by atoms with van der Waals surface area (Å²) in [6.07, 6.45) is 4.59. The minimum Gasteiger partial charge on any atom is -0.382 e. The highest BCUT2D eigenvalue weighted by molar-refractivity contribution is 5.78. The molecule has 9 heteroatoms. The zero-order chi connectivity index (χ0) is 19.7. The van der Waals surface area contributed by atoms with E-state index in [2.05, 4.69) is 25.3 Å². The zero-order valence-electron chi connectivity index (χ0n) is 14.8.